The maximum absolute atomic E-state index is 11.2. The smallest absolute Gasteiger partial charge is 0.408 e. The highest BCUT2D eigenvalue weighted by Gasteiger charge is 2.09. The summed E-state index contributed by atoms with van der Waals surface area (Å²) >= 11 is 0. The van der Waals surface area contributed by atoms with Gasteiger partial charge in [0.2, 0.25) is 0 Å². The summed E-state index contributed by atoms with van der Waals surface area (Å²) in [7, 11) is -3.25. The predicted molar refractivity (Wildman–Crippen MR) is 49.9 cm³/mol. The van der Waals surface area contributed by atoms with E-state index in [1.165, 1.54) is 18.2 Å². The number of oxazole rings is 1. The number of benzene rings is 1. The van der Waals surface area contributed by atoms with E-state index in [1.54, 1.807) is 0 Å². The molecule has 2 rings (SSSR count). The van der Waals surface area contributed by atoms with Gasteiger partial charge in [-0.05, 0) is 18.2 Å². The number of rotatable bonds is 1. The van der Waals surface area contributed by atoms with Crippen molar-refractivity contribution in [3.8, 4) is 0 Å². The number of H-pyrrole nitrogens is 1. The summed E-state index contributed by atoms with van der Waals surface area (Å²) in [5.74, 6) is -0.592. The highest BCUT2D eigenvalue weighted by atomic mass is 32.2. The molecule has 0 aliphatic heterocycles. The number of aromatic nitrogens is 1. The predicted octanol–water partition coefficient (Wildman–Crippen LogP) is 0.525. The van der Waals surface area contributed by atoms with Gasteiger partial charge >= 0.3 is 5.76 Å². The number of hydrogen-bond acceptors (Lipinski definition) is 4. The van der Waals surface area contributed by atoms with Gasteiger partial charge in [0.25, 0.3) is 0 Å². The number of aromatic amines is 1. The first kappa shape index (κ1) is 9.01. The Hall–Kier alpha value is -1.56. The number of sulfone groups is 1. The van der Waals surface area contributed by atoms with Crippen molar-refractivity contribution < 1.29 is 12.8 Å². The van der Waals surface area contributed by atoms with Crippen LogP contribution in [-0.2, 0) is 9.84 Å². The zero-order chi connectivity index (χ0) is 10.3. The molecule has 5 nitrogen and oxygen atoms in total. The first-order valence-corrected chi connectivity index (χ1v) is 5.69. The van der Waals surface area contributed by atoms with Crippen LogP contribution < -0.4 is 5.76 Å². The molecule has 0 atom stereocenters. The van der Waals surface area contributed by atoms with Crippen molar-refractivity contribution in [3.05, 3.63) is 28.7 Å². The minimum atomic E-state index is -3.25. The van der Waals surface area contributed by atoms with Gasteiger partial charge in [0.05, 0.1) is 10.4 Å². The van der Waals surface area contributed by atoms with Crippen LogP contribution in [0.4, 0.5) is 0 Å². The van der Waals surface area contributed by atoms with Crippen LogP contribution in [-0.4, -0.2) is 19.7 Å². The van der Waals surface area contributed by atoms with E-state index in [1.807, 2.05) is 0 Å². The lowest BCUT2D eigenvalue weighted by Crippen LogP contribution is -1.96. The molecular formula is C8H7NO4S. The topological polar surface area (TPSA) is 80.1 Å². The van der Waals surface area contributed by atoms with Crippen LogP contribution in [0.25, 0.3) is 11.1 Å². The van der Waals surface area contributed by atoms with Gasteiger partial charge in [0.1, 0.15) is 0 Å². The average Bonchev–Trinajstić information content (AvgIpc) is 2.41. The van der Waals surface area contributed by atoms with Crippen LogP contribution in [0.3, 0.4) is 0 Å². The second-order valence-electron chi connectivity index (χ2n) is 2.94. The minimum absolute atomic E-state index is 0.155. The Kier molecular flexibility index (Phi) is 1.75. The highest BCUT2D eigenvalue weighted by molar-refractivity contribution is 7.90. The van der Waals surface area contributed by atoms with Gasteiger partial charge in [0.15, 0.2) is 15.4 Å². The van der Waals surface area contributed by atoms with Crippen molar-refractivity contribution in [2.75, 3.05) is 6.26 Å². The van der Waals surface area contributed by atoms with Gasteiger partial charge in [0, 0.05) is 6.26 Å². The molecule has 0 unspecified atom stereocenters. The Morgan fingerprint density at radius 3 is 2.71 bits per heavy atom. The zero-order valence-corrected chi connectivity index (χ0v) is 8.09. The second-order valence-corrected chi connectivity index (χ2v) is 4.96. The van der Waals surface area contributed by atoms with E-state index in [-0.39, 0.29) is 4.90 Å². The van der Waals surface area contributed by atoms with E-state index in [9.17, 15) is 13.2 Å². The fraction of sp³-hybridized carbons (Fsp3) is 0.125. The zero-order valence-electron chi connectivity index (χ0n) is 7.27. The van der Waals surface area contributed by atoms with Gasteiger partial charge < -0.3 is 4.42 Å². The fourth-order valence-electron chi connectivity index (χ4n) is 1.16. The Morgan fingerprint density at radius 1 is 1.36 bits per heavy atom. The first-order chi connectivity index (χ1) is 6.47. The van der Waals surface area contributed by atoms with E-state index < -0.39 is 15.6 Å². The molecule has 0 bridgehead atoms. The SMILES string of the molecule is CS(=O)(=O)c1ccc2oc(=O)[nH]c2c1. The van der Waals surface area contributed by atoms with Crippen LogP contribution >= 0.6 is 0 Å². The van der Waals surface area contributed by atoms with Gasteiger partial charge in [-0.1, -0.05) is 0 Å². The van der Waals surface area contributed by atoms with Crippen molar-refractivity contribution >= 4 is 20.9 Å². The monoisotopic (exact) mass is 213 g/mol. The summed E-state index contributed by atoms with van der Waals surface area (Å²) < 4.78 is 27.1. The van der Waals surface area contributed by atoms with Crippen LogP contribution in [0.2, 0.25) is 0 Å². The molecule has 0 aliphatic rings. The summed E-state index contributed by atoms with van der Waals surface area (Å²) in [5, 5.41) is 0. The van der Waals surface area contributed by atoms with E-state index >= 15 is 0 Å². The van der Waals surface area contributed by atoms with Crippen molar-refractivity contribution in [2.24, 2.45) is 0 Å². The maximum Gasteiger partial charge on any atom is 0.417 e. The molecule has 0 radical (unpaired) electrons. The Labute approximate surface area is 79.3 Å². The van der Waals surface area contributed by atoms with Gasteiger partial charge in [-0.2, -0.15) is 0 Å². The lowest BCUT2D eigenvalue weighted by atomic mass is 10.3. The average molecular weight is 213 g/mol. The van der Waals surface area contributed by atoms with Crippen LogP contribution in [0.15, 0.2) is 32.3 Å². The van der Waals surface area contributed by atoms with E-state index in [0.717, 1.165) is 6.26 Å². The van der Waals surface area contributed by atoms with Crippen LogP contribution in [0, 0.1) is 0 Å². The Bertz CT molecular complexity index is 635. The number of fused-ring (bicyclic) bond motifs is 1. The molecule has 0 spiro atoms. The van der Waals surface area contributed by atoms with E-state index in [4.69, 9.17) is 4.42 Å². The first-order valence-electron chi connectivity index (χ1n) is 3.80. The lowest BCUT2D eigenvalue weighted by molar-refractivity contribution is 0.555. The molecule has 0 fully saturated rings. The van der Waals surface area contributed by atoms with Crippen molar-refractivity contribution in [2.45, 2.75) is 4.90 Å². The van der Waals surface area contributed by atoms with E-state index in [2.05, 4.69) is 4.98 Å². The molecule has 0 amide bonds. The van der Waals surface area contributed by atoms with Crippen molar-refractivity contribution in [3.63, 3.8) is 0 Å². The maximum atomic E-state index is 11.2. The second kappa shape index (κ2) is 2.71. The quantitative estimate of drug-likeness (QED) is 0.749. The molecule has 1 N–H and O–H groups in total. The molecule has 1 heterocycles. The normalized spacial score (nSPS) is 12.1. The van der Waals surface area contributed by atoms with Gasteiger partial charge in [-0.25, -0.2) is 13.2 Å². The molecule has 2 aromatic rings. The number of hydrogen-bond donors (Lipinski definition) is 1. The van der Waals surface area contributed by atoms with Gasteiger partial charge in [-0.3, -0.25) is 4.98 Å². The molecule has 6 heteroatoms. The third kappa shape index (κ3) is 1.44. The molecule has 14 heavy (non-hydrogen) atoms. The number of nitrogens with one attached hydrogen (secondary N) is 1. The molecule has 74 valence electrons. The van der Waals surface area contributed by atoms with Gasteiger partial charge in [-0.15, -0.1) is 0 Å². The molecule has 0 aliphatic carbocycles. The summed E-state index contributed by atoms with van der Waals surface area (Å²) in [6.45, 7) is 0. The van der Waals surface area contributed by atoms with Crippen LogP contribution in [0.1, 0.15) is 0 Å². The molecule has 1 aromatic heterocycles. The summed E-state index contributed by atoms with van der Waals surface area (Å²) in [6.07, 6.45) is 1.10. The fourth-order valence-corrected chi connectivity index (χ4v) is 1.81. The molecule has 1 aromatic carbocycles. The summed E-state index contributed by atoms with van der Waals surface area (Å²) in [4.78, 5) is 13.3. The third-order valence-corrected chi connectivity index (χ3v) is 2.93. The molecule has 0 saturated carbocycles. The van der Waals surface area contributed by atoms with Crippen molar-refractivity contribution in [1.82, 2.24) is 4.98 Å². The Balaban J connectivity index is 2.80. The largest absolute Gasteiger partial charge is 0.417 e. The standard InChI is InChI=1S/C8H7NO4S/c1-14(11,12)5-2-3-7-6(4-5)9-8(10)13-7/h2-4H,1H3,(H,9,10). The van der Waals surface area contributed by atoms with Crippen molar-refractivity contribution in [1.29, 1.82) is 0 Å². The summed E-state index contributed by atoms with van der Waals surface area (Å²) in [5.41, 5.74) is 0.736. The third-order valence-electron chi connectivity index (χ3n) is 1.82. The lowest BCUT2D eigenvalue weighted by Gasteiger charge is -1.95. The highest BCUT2D eigenvalue weighted by Crippen LogP contribution is 2.15. The van der Waals surface area contributed by atoms with Crippen LogP contribution in [0.5, 0.6) is 0 Å². The van der Waals surface area contributed by atoms with E-state index in [0.29, 0.717) is 11.1 Å². The summed E-state index contributed by atoms with van der Waals surface area (Å²) in [6, 6.07) is 4.22. The molecule has 0 saturated heterocycles. The Morgan fingerprint density at radius 2 is 2.07 bits per heavy atom. The minimum Gasteiger partial charge on any atom is -0.408 e. The molecular weight excluding hydrogens is 206 g/mol.